The highest BCUT2D eigenvalue weighted by Gasteiger charge is 2.67. The molecule has 1 aliphatic heterocycles. The van der Waals surface area contributed by atoms with Gasteiger partial charge >= 0.3 is 11.8 Å². The summed E-state index contributed by atoms with van der Waals surface area (Å²) in [6.45, 7) is 5.65. The lowest BCUT2D eigenvalue weighted by molar-refractivity contribution is -0.196. The number of nitrogens with one attached hydrogen (secondary N) is 1. The number of rotatable bonds is 5. The molecule has 0 aliphatic carbocycles. The van der Waals surface area contributed by atoms with E-state index in [4.69, 9.17) is 4.42 Å². The first-order valence-electron chi connectivity index (χ1n) is 10.9. The van der Waals surface area contributed by atoms with Crippen LogP contribution >= 0.6 is 0 Å². The van der Waals surface area contributed by atoms with Crippen LogP contribution in [0.1, 0.15) is 48.0 Å². The van der Waals surface area contributed by atoms with Crippen molar-refractivity contribution in [3.63, 3.8) is 0 Å². The van der Waals surface area contributed by atoms with Gasteiger partial charge < -0.3 is 9.73 Å². The summed E-state index contributed by atoms with van der Waals surface area (Å²) in [5, 5.41) is 1.89. The van der Waals surface area contributed by atoms with Crippen molar-refractivity contribution in [3.05, 3.63) is 95.4 Å². The van der Waals surface area contributed by atoms with E-state index in [1.807, 2.05) is 26.1 Å². The van der Waals surface area contributed by atoms with E-state index in [1.165, 1.54) is 18.4 Å². The molecule has 0 fully saturated rings. The number of amidine groups is 1. The molecular weight excluding hydrogens is 459 g/mol. The molecule has 3 aromatic rings. The molecule has 1 unspecified atom stereocenters. The summed E-state index contributed by atoms with van der Waals surface area (Å²) in [5.74, 6) is -2.43. The minimum atomic E-state index is -5.21. The van der Waals surface area contributed by atoms with E-state index >= 15 is 0 Å². The Morgan fingerprint density at radius 1 is 1.00 bits per heavy atom. The molecule has 0 saturated heterocycles. The number of hydrogen-bond donors (Lipinski definition) is 1. The summed E-state index contributed by atoms with van der Waals surface area (Å²) in [6, 6.07) is 17.3. The van der Waals surface area contributed by atoms with E-state index in [9.17, 15) is 22.8 Å². The summed E-state index contributed by atoms with van der Waals surface area (Å²) in [4.78, 5) is 31.0. The molecule has 35 heavy (non-hydrogen) atoms. The average Bonchev–Trinajstić information content (AvgIpc) is 3.42. The molecule has 0 radical (unpaired) electrons. The highest BCUT2D eigenvalue weighted by molar-refractivity contribution is 6.16. The van der Waals surface area contributed by atoms with E-state index in [-0.39, 0.29) is 29.1 Å². The number of aliphatic imine (C=N–C) groups is 1. The number of halogens is 3. The third-order valence-corrected chi connectivity index (χ3v) is 5.73. The fourth-order valence-electron chi connectivity index (χ4n) is 3.77. The third kappa shape index (κ3) is 4.58. The maximum atomic E-state index is 14.5. The minimum Gasteiger partial charge on any atom is -0.467 e. The molecule has 6 nitrogen and oxygen atoms in total. The van der Waals surface area contributed by atoms with Crippen molar-refractivity contribution in [2.24, 2.45) is 4.99 Å². The highest BCUT2D eigenvalue weighted by Crippen LogP contribution is 2.39. The summed E-state index contributed by atoms with van der Waals surface area (Å²) in [6.07, 6.45) is -3.85. The summed E-state index contributed by atoms with van der Waals surface area (Å²) in [7, 11) is 0. The van der Waals surface area contributed by atoms with Crippen molar-refractivity contribution in [3.8, 4) is 0 Å². The Bertz CT molecular complexity index is 1240. The third-order valence-electron chi connectivity index (χ3n) is 5.73. The Balaban J connectivity index is 1.75. The summed E-state index contributed by atoms with van der Waals surface area (Å²) >= 11 is 0. The van der Waals surface area contributed by atoms with Crippen LogP contribution in [0.4, 0.5) is 13.2 Å². The van der Waals surface area contributed by atoms with Gasteiger partial charge in [-0.1, -0.05) is 63.2 Å². The first kappa shape index (κ1) is 24.3. The quantitative estimate of drug-likeness (QED) is 0.552. The Labute approximate surface area is 200 Å². The van der Waals surface area contributed by atoms with Gasteiger partial charge in [0.1, 0.15) is 11.6 Å². The van der Waals surface area contributed by atoms with Gasteiger partial charge in [0.15, 0.2) is 0 Å². The van der Waals surface area contributed by atoms with E-state index in [0.717, 1.165) is 10.5 Å². The average molecular weight is 483 g/mol. The zero-order chi connectivity index (χ0) is 25.4. The Hall–Kier alpha value is -3.88. The van der Waals surface area contributed by atoms with Gasteiger partial charge in [0.05, 0.1) is 12.8 Å². The molecule has 4 rings (SSSR count). The van der Waals surface area contributed by atoms with Gasteiger partial charge in [-0.2, -0.15) is 13.2 Å². The highest BCUT2D eigenvalue weighted by atomic mass is 19.4. The van der Waals surface area contributed by atoms with Crippen LogP contribution in [0.2, 0.25) is 0 Å². The van der Waals surface area contributed by atoms with Gasteiger partial charge in [-0.05, 0) is 35.2 Å². The molecule has 1 aliphatic rings. The van der Waals surface area contributed by atoms with Gasteiger partial charge in [-0.25, -0.2) is 4.99 Å². The second kappa shape index (κ2) is 8.72. The van der Waals surface area contributed by atoms with Gasteiger partial charge in [0.25, 0.3) is 11.8 Å². The molecule has 1 atom stereocenters. The molecular formula is C26H24F3N3O3. The van der Waals surface area contributed by atoms with Gasteiger partial charge in [-0.15, -0.1) is 0 Å². The maximum absolute atomic E-state index is 14.5. The Morgan fingerprint density at radius 3 is 2.20 bits per heavy atom. The fourth-order valence-corrected chi connectivity index (χ4v) is 3.77. The van der Waals surface area contributed by atoms with Crippen molar-refractivity contribution in [2.75, 3.05) is 0 Å². The first-order valence-corrected chi connectivity index (χ1v) is 10.9. The van der Waals surface area contributed by atoms with Crippen molar-refractivity contribution >= 4 is 17.6 Å². The molecule has 0 bridgehead atoms. The van der Waals surface area contributed by atoms with Crippen molar-refractivity contribution in [2.45, 2.75) is 44.6 Å². The molecule has 9 heteroatoms. The molecule has 2 heterocycles. The number of nitrogens with zero attached hydrogens (tertiary/aromatic N) is 2. The van der Waals surface area contributed by atoms with Crippen LogP contribution in [0.3, 0.4) is 0 Å². The molecule has 2 amide bonds. The monoisotopic (exact) mass is 483 g/mol. The topological polar surface area (TPSA) is 74.9 Å². The lowest BCUT2D eigenvalue weighted by Crippen LogP contribution is -2.63. The minimum absolute atomic E-state index is 0.0182. The van der Waals surface area contributed by atoms with E-state index in [0.29, 0.717) is 5.56 Å². The van der Waals surface area contributed by atoms with Gasteiger partial charge in [0, 0.05) is 11.1 Å². The van der Waals surface area contributed by atoms with Crippen LogP contribution in [0, 0.1) is 0 Å². The second-order valence-electron chi connectivity index (χ2n) is 9.26. The zero-order valence-corrected chi connectivity index (χ0v) is 19.4. The standard InChI is InChI=1S/C26H24F3N3O3/c1-24(2,3)19-13-11-18(12-14-19)22(33)31-25(26(27,28)29)23(34)32(16-20-10-7-15-35-20)21(30-25)17-8-5-4-6-9-17/h4-15H,16H2,1-3H3,(H,31,33). The van der Waals surface area contributed by atoms with E-state index in [1.54, 1.807) is 54.6 Å². The van der Waals surface area contributed by atoms with Crippen LogP contribution in [0.5, 0.6) is 0 Å². The van der Waals surface area contributed by atoms with Gasteiger partial charge in [-0.3, -0.25) is 14.5 Å². The van der Waals surface area contributed by atoms with Crippen LogP contribution in [0.25, 0.3) is 0 Å². The number of furan rings is 1. The SMILES string of the molecule is CC(C)(C)c1ccc(C(=O)NC2(C(F)(F)F)N=C(c3ccccc3)N(Cc3ccco3)C2=O)cc1. The molecule has 182 valence electrons. The number of amides is 2. The summed E-state index contributed by atoms with van der Waals surface area (Å²) < 4.78 is 48.8. The smallest absolute Gasteiger partial charge is 0.442 e. The maximum Gasteiger partial charge on any atom is 0.442 e. The van der Waals surface area contributed by atoms with Crippen LogP contribution < -0.4 is 5.32 Å². The Kier molecular flexibility index (Phi) is 6.04. The van der Waals surface area contributed by atoms with Crippen LogP contribution in [-0.4, -0.2) is 34.4 Å². The zero-order valence-electron chi connectivity index (χ0n) is 19.4. The largest absolute Gasteiger partial charge is 0.467 e. The van der Waals surface area contributed by atoms with E-state index < -0.39 is 23.7 Å². The number of alkyl halides is 3. The second-order valence-corrected chi connectivity index (χ2v) is 9.26. The number of carbonyl (C=O) groups excluding carboxylic acids is 2. The fraction of sp³-hybridized carbons (Fsp3) is 0.269. The predicted octanol–water partition coefficient (Wildman–Crippen LogP) is 5.05. The lowest BCUT2D eigenvalue weighted by Gasteiger charge is -2.29. The van der Waals surface area contributed by atoms with Crippen LogP contribution in [-0.2, 0) is 16.8 Å². The molecule has 1 N–H and O–H groups in total. The molecule has 0 spiro atoms. The lowest BCUT2D eigenvalue weighted by atomic mass is 9.86. The number of benzene rings is 2. The predicted molar refractivity (Wildman–Crippen MR) is 124 cm³/mol. The van der Waals surface area contributed by atoms with Crippen molar-refractivity contribution < 1.29 is 27.2 Å². The Morgan fingerprint density at radius 2 is 1.66 bits per heavy atom. The van der Waals surface area contributed by atoms with E-state index in [2.05, 4.69) is 4.99 Å². The normalized spacial score (nSPS) is 18.5. The number of carbonyl (C=O) groups is 2. The van der Waals surface area contributed by atoms with Gasteiger partial charge in [0.2, 0.25) is 0 Å². The van der Waals surface area contributed by atoms with Crippen LogP contribution in [0.15, 0.2) is 82.4 Å². The van der Waals surface area contributed by atoms with Crippen molar-refractivity contribution in [1.29, 1.82) is 0 Å². The first-order chi connectivity index (χ1) is 16.4. The molecule has 0 saturated carbocycles. The molecule has 2 aromatic carbocycles. The molecule has 1 aromatic heterocycles. The van der Waals surface area contributed by atoms with Crippen molar-refractivity contribution in [1.82, 2.24) is 10.2 Å². The summed E-state index contributed by atoms with van der Waals surface area (Å²) in [5.41, 5.74) is -2.50. The number of hydrogen-bond acceptors (Lipinski definition) is 4.